The van der Waals surface area contributed by atoms with Gasteiger partial charge in [0, 0.05) is 24.2 Å². The van der Waals surface area contributed by atoms with E-state index in [2.05, 4.69) is 26.5 Å². The molecule has 6 heteroatoms. The zero-order valence-corrected chi connectivity index (χ0v) is 15.6. The van der Waals surface area contributed by atoms with Crippen LogP contribution in [0, 0.1) is 0 Å². The highest BCUT2D eigenvalue weighted by Crippen LogP contribution is 2.26. The molecule has 0 spiro atoms. The molecule has 0 radical (unpaired) electrons. The fraction of sp³-hybridized carbons (Fsp3) is 0.381. The number of aromatic nitrogens is 2. The van der Waals surface area contributed by atoms with Crippen molar-refractivity contribution in [2.75, 3.05) is 26.7 Å². The molecular weight excluding hydrogens is 340 g/mol. The van der Waals surface area contributed by atoms with Crippen molar-refractivity contribution in [3.05, 3.63) is 60.2 Å². The number of H-pyrrole nitrogens is 1. The molecular formula is C21H26N4O2. The lowest BCUT2D eigenvalue weighted by Crippen LogP contribution is -2.33. The zero-order chi connectivity index (χ0) is 18.5. The number of methoxy groups -OCH3 is 1. The number of hydrogen-bond donors (Lipinski definition) is 2. The maximum Gasteiger partial charge on any atom is 0.122 e. The van der Waals surface area contributed by atoms with Gasteiger partial charge in [0.1, 0.15) is 11.5 Å². The molecule has 6 nitrogen and oxygen atoms in total. The van der Waals surface area contributed by atoms with E-state index in [1.807, 2.05) is 36.5 Å². The molecule has 0 aliphatic carbocycles. The monoisotopic (exact) mass is 366 g/mol. The second kappa shape index (κ2) is 8.41. The summed E-state index contributed by atoms with van der Waals surface area (Å²) in [6.07, 6.45) is 6.18. The maximum absolute atomic E-state index is 5.70. The normalized spacial score (nSPS) is 15.9. The van der Waals surface area contributed by atoms with Crippen LogP contribution >= 0.6 is 0 Å². The third kappa shape index (κ3) is 4.07. The van der Waals surface area contributed by atoms with Crippen molar-refractivity contribution in [3.63, 3.8) is 0 Å². The highest BCUT2D eigenvalue weighted by Gasteiger charge is 2.25. The fourth-order valence-electron chi connectivity index (χ4n) is 3.74. The summed E-state index contributed by atoms with van der Waals surface area (Å²) in [5.74, 6) is 1.89. The first-order valence-corrected chi connectivity index (χ1v) is 9.50. The van der Waals surface area contributed by atoms with E-state index in [0.29, 0.717) is 0 Å². The van der Waals surface area contributed by atoms with Crippen molar-refractivity contribution in [2.24, 2.45) is 0 Å². The van der Waals surface area contributed by atoms with Crippen molar-refractivity contribution < 1.29 is 9.15 Å². The van der Waals surface area contributed by atoms with Crippen LogP contribution in [-0.2, 0) is 6.54 Å². The molecule has 2 N–H and O–H groups in total. The van der Waals surface area contributed by atoms with Crippen molar-refractivity contribution in [3.8, 4) is 17.0 Å². The van der Waals surface area contributed by atoms with E-state index in [1.54, 1.807) is 13.4 Å². The van der Waals surface area contributed by atoms with Gasteiger partial charge in [0.05, 0.1) is 31.3 Å². The first kappa shape index (κ1) is 17.8. The Kier molecular flexibility index (Phi) is 5.55. The first-order valence-electron chi connectivity index (χ1n) is 9.50. The van der Waals surface area contributed by atoms with E-state index in [4.69, 9.17) is 9.15 Å². The molecule has 0 amide bonds. The zero-order valence-electron chi connectivity index (χ0n) is 15.6. The van der Waals surface area contributed by atoms with Gasteiger partial charge in [-0.1, -0.05) is 0 Å². The lowest BCUT2D eigenvalue weighted by atomic mass is 10.1. The molecule has 1 saturated heterocycles. The number of ether oxygens (including phenoxy) is 1. The average Bonchev–Trinajstić information content (AvgIpc) is 3.48. The lowest BCUT2D eigenvalue weighted by Gasteiger charge is -2.26. The summed E-state index contributed by atoms with van der Waals surface area (Å²) < 4.78 is 10.9. The summed E-state index contributed by atoms with van der Waals surface area (Å²) in [7, 11) is 1.68. The van der Waals surface area contributed by atoms with Gasteiger partial charge >= 0.3 is 0 Å². The minimum atomic E-state index is 0.277. The van der Waals surface area contributed by atoms with E-state index in [0.717, 1.165) is 54.5 Å². The molecule has 1 atom stereocenters. The molecule has 0 bridgehead atoms. The van der Waals surface area contributed by atoms with Crippen LogP contribution in [0.1, 0.15) is 30.2 Å². The largest absolute Gasteiger partial charge is 0.497 e. The van der Waals surface area contributed by atoms with Crippen molar-refractivity contribution >= 4 is 0 Å². The molecule has 4 rings (SSSR count). The molecule has 1 aromatic carbocycles. The number of nitrogens with zero attached hydrogens (tertiary/aromatic N) is 2. The number of likely N-dealkylation sites (tertiary alicyclic amines) is 1. The van der Waals surface area contributed by atoms with Crippen LogP contribution in [0.25, 0.3) is 11.3 Å². The van der Waals surface area contributed by atoms with Crippen LogP contribution in [0.2, 0.25) is 0 Å². The Morgan fingerprint density at radius 1 is 1.22 bits per heavy atom. The molecule has 1 aliphatic heterocycles. The second-order valence-corrected chi connectivity index (χ2v) is 6.90. The minimum absolute atomic E-state index is 0.277. The van der Waals surface area contributed by atoms with Gasteiger partial charge in [0.25, 0.3) is 0 Å². The molecule has 1 fully saturated rings. The molecule has 27 heavy (non-hydrogen) atoms. The maximum atomic E-state index is 5.70. The quantitative estimate of drug-likeness (QED) is 0.638. The number of furan rings is 1. The Morgan fingerprint density at radius 2 is 2.04 bits per heavy atom. The Balaban J connectivity index is 1.42. The van der Waals surface area contributed by atoms with Crippen LogP contribution in [0.4, 0.5) is 0 Å². The average molecular weight is 366 g/mol. The summed E-state index contributed by atoms with van der Waals surface area (Å²) in [6.45, 7) is 3.87. The van der Waals surface area contributed by atoms with Gasteiger partial charge in [0.2, 0.25) is 0 Å². The third-order valence-electron chi connectivity index (χ3n) is 5.20. The van der Waals surface area contributed by atoms with E-state index in [1.165, 1.54) is 12.8 Å². The van der Waals surface area contributed by atoms with Gasteiger partial charge in [0.15, 0.2) is 0 Å². The van der Waals surface area contributed by atoms with E-state index in [9.17, 15) is 0 Å². The molecule has 3 heterocycles. The SMILES string of the molecule is COc1ccc(-c2[nH]ncc2CNCC(c2ccco2)N2CCCC2)cc1. The minimum Gasteiger partial charge on any atom is -0.497 e. The van der Waals surface area contributed by atoms with Crippen molar-refractivity contribution in [2.45, 2.75) is 25.4 Å². The molecule has 1 unspecified atom stereocenters. The van der Waals surface area contributed by atoms with E-state index in [-0.39, 0.29) is 6.04 Å². The first-order chi connectivity index (χ1) is 13.3. The summed E-state index contributed by atoms with van der Waals surface area (Å²) in [5, 5.41) is 11.0. The summed E-state index contributed by atoms with van der Waals surface area (Å²) >= 11 is 0. The number of hydrogen-bond acceptors (Lipinski definition) is 5. The Morgan fingerprint density at radius 3 is 2.74 bits per heavy atom. The van der Waals surface area contributed by atoms with Crippen LogP contribution in [-0.4, -0.2) is 41.8 Å². The third-order valence-corrected chi connectivity index (χ3v) is 5.20. The van der Waals surface area contributed by atoms with Gasteiger partial charge in [-0.2, -0.15) is 5.10 Å². The van der Waals surface area contributed by atoms with Crippen LogP contribution in [0.15, 0.2) is 53.3 Å². The Bertz CT molecular complexity index is 820. The van der Waals surface area contributed by atoms with Gasteiger partial charge < -0.3 is 14.5 Å². The highest BCUT2D eigenvalue weighted by atomic mass is 16.5. The number of aromatic amines is 1. The van der Waals surface area contributed by atoms with E-state index < -0.39 is 0 Å². The molecule has 142 valence electrons. The smallest absolute Gasteiger partial charge is 0.122 e. The second-order valence-electron chi connectivity index (χ2n) is 6.90. The summed E-state index contributed by atoms with van der Waals surface area (Å²) in [6, 6.07) is 12.3. The highest BCUT2D eigenvalue weighted by molar-refractivity contribution is 5.63. The summed E-state index contributed by atoms with van der Waals surface area (Å²) in [4.78, 5) is 2.51. The molecule has 3 aromatic rings. The predicted molar refractivity (Wildman–Crippen MR) is 105 cm³/mol. The Hall–Kier alpha value is -2.57. The van der Waals surface area contributed by atoms with Gasteiger partial charge in [-0.15, -0.1) is 0 Å². The number of nitrogens with one attached hydrogen (secondary N) is 2. The van der Waals surface area contributed by atoms with Gasteiger partial charge in [-0.05, 0) is 62.3 Å². The van der Waals surface area contributed by atoms with Crippen LogP contribution in [0.3, 0.4) is 0 Å². The number of rotatable bonds is 8. The molecule has 0 saturated carbocycles. The van der Waals surface area contributed by atoms with Gasteiger partial charge in [-0.3, -0.25) is 10.00 Å². The molecule has 2 aromatic heterocycles. The lowest BCUT2D eigenvalue weighted by molar-refractivity contribution is 0.209. The Labute approximate surface area is 159 Å². The van der Waals surface area contributed by atoms with Crippen molar-refractivity contribution in [1.29, 1.82) is 0 Å². The van der Waals surface area contributed by atoms with Gasteiger partial charge in [-0.25, -0.2) is 0 Å². The topological polar surface area (TPSA) is 66.3 Å². The molecule has 1 aliphatic rings. The standard InChI is InChI=1S/C21H26N4O2/c1-26-18-8-6-16(7-9-18)21-17(14-23-24-21)13-22-15-19(20-5-4-12-27-20)25-10-2-3-11-25/h4-9,12,14,19,22H,2-3,10-11,13,15H2,1H3,(H,23,24). The summed E-state index contributed by atoms with van der Waals surface area (Å²) in [5.41, 5.74) is 3.30. The fourth-order valence-corrected chi connectivity index (χ4v) is 3.74. The predicted octanol–water partition coefficient (Wildman–Crippen LogP) is 3.61. The van der Waals surface area contributed by atoms with Crippen LogP contribution in [0.5, 0.6) is 5.75 Å². The number of benzene rings is 1. The van der Waals surface area contributed by atoms with E-state index >= 15 is 0 Å². The van der Waals surface area contributed by atoms with Crippen molar-refractivity contribution in [1.82, 2.24) is 20.4 Å². The van der Waals surface area contributed by atoms with Crippen LogP contribution < -0.4 is 10.1 Å².